The monoisotopic (exact) mass is 318 g/mol. The minimum atomic E-state index is -1.03. The van der Waals surface area contributed by atoms with E-state index in [-0.39, 0.29) is 12.6 Å². The van der Waals surface area contributed by atoms with Crippen molar-refractivity contribution in [2.24, 2.45) is 0 Å². The first kappa shape index (κ1) is 16.5. The molecule has 1 atom stereocenters. The third kappa shape index (κ3) is 5.16. The first-order valence-electron chi connectivity index (χ1n) is 7.40. The van der Waals surface area contributed by atoms with E-state index in [2.05, 4.69) is 22.8 Å². The lowest BCUT2D eigenvalue weighted by molar-refractivity contribution is 0.0631. The van der Waals surface area contributed by atoms with Crippen LogP contribution in [0.5, 0.6) is 0 Å². The number of thiophene rings is 1. The summed E-state index contributed by atoms with van der Waals surface area (Å²) < 4.78 is 0. The molecule has 0 fully saturated rings. The number of carbonyl (C=O) groups excluding carboxylic acids is 1. The number of hydrogen-bond donors (Lipinski definition) is 3. The highest BCUT2D eigenvalue weighted by Crippen LogP contribution is 2.24. The summed E-state index contributed by atoms with van der Waals surface area (Å²) in [5.74, 6) is 0. The van der Waals surface area contributed by atoms with E-state index in [0.29, 0.717) is 6.54 Å². The predicted octanol–water partition coefficient (Wildman–Crippen LogP) is 2.89. The Morgan fingerprint density at radius 3 is 2.64 bits per heavy atom. The number of hydrogen-bond acceptors (Lipinski definition) is 3. The van der Waals surface area contributed by atoms with Crippen molar-refractivity contribution in [3.05, 3.63) is 58.3 Å². The Bertz CT molecular complexity index is 568. The molecule has 5 heteroatoms. The summed E-state index contributed by atoms with van der Waals surface area (Å²) in [6, 6.07) is 13.7. The average molecular weight is 318 g/mol. The molecule has 4 nitrogen and oxygen atoms in total. The van der Waals surface area contributed by atoms with Gasteiger partial charge in [-0.25, -0.2) is 4.79 Å². The van der Waals surface area contributed by atoms with Gasteiger partial charge in [-0.1, -0.05) is 36.4 Å². The normalized spacial score (nSPS) is 13.4. The second kappa shape index (κ2) is 7.96. The fourth-order valence-electron chi connectivity index (χ4n) is 2.13. The fourth-order valence-corrected chi connectivity index (χ4v) is 2.91. The molecule has 0 aliphatic heterocycles. The molecule has 2 amide bonds. The Balaban J connectivity index is 1.64. The molecule has 0 aliphatic rings. The van der Waals surface area contributed by atoms with Crippen LogP contribution < -0.4 is 10.6 Å². The summed E-state index contributed by atoms with van der Waals surface area (Å²) in [6.07, 6.45) is 1.83. The van der Waals surface area contributed by atoms with Crippen molar-refractivity contribution in [3.63, 3.8) is 0 Å². The molecule has 1 heterocycles. The Kier molecular flexibility index (Phi) is 5.98. The van der Waals surface area contributed by atoms with Gasteiger partial charge in [0.2, 0.25) is 0 Å². The molecule has 0 aliphatic carbocycles. The highest BCUT2D eigenvalue weighted by Gasteiger charge is 2.24. The van der Waals surface area contributed by atoms with Crippen molar-refractivity contribution in [1.82, 2.24) is 10.6 Å². The lowest BCUT2D eigenvalue weighted by atomic mass is 10.1. The number of nitrogens with one attached hydrogen (secondary N) is 2. The summed E-state index contributed by atoms with van der Waals surface area (Å²) in [5, 5.41) is 17.8. The average Bonchev–Trinajstić information content (AvgIpc) is 3.06. The molecule has 22 heavy (non-hydrogen) atoms. The number of carbonyl (C=O) groups is 1. The fraction of sp³-hybridized carbons (Fsp3) is 0.353. The van der Waals surface area contributed by atoms with Gasteiger partial charge in [0.1, 0.15) is 5.60 Å². The summed E-state index contributed by atoms with van der Waals surface area (Å²) >= 11 is 1.48. The van der Waals surface area contributed by atoms with Crippen LogP contribution in [-0.4, -0.2) is 24.2 Å². The van der Waals surface area contributed by atoms with Gasteiger partial charge >= 0.3 is 6.03 Å². The Morgan fingerprint density at radius 1 is 1.18 bits per heavy atom. The lowest BCUT2D eigenvalue weighted by Crippen LogP contribution is -2.43. The number of benzene rings is 1. The second-order valence-corrected chi connectivity index (χ2v) is 6.40. The van der Waals surface area contributed by atoms with Crippen LogP contribution in [0.15, 0.2) is 47.8 Å². The molecule has 118 valence electrons. The zero-order valence-electron chi connectivity index (χ0n) is 12.7. The van der Waals surface area contributed by atoms with Crippen LogP contribution in [0.1, 0.15) is 23.8 Å². The highest BCUT2D eigenvalue weighted by atomic mass is 32.1. The van der Waals surface area contributed by atoms with Gasteiger partial charge in [-0.15, -0.1) is 11.3 Å². The van der Waals surface area contributed by atoms with Gasteiger partial charge in [-0.2, -0.15) is 0 Å². The smallest absolute Gasteiger partial charge is 0.314 e. The summed E-state index contributed by atoms with van der Waals surface area (Å²) in [4.78, 5) is 12.6. The maximum atomic E-state index is 11.7. The van der Waals surface area contributed by atoms with Crippen LogP contribution in [0.4, 0.5) is 4.79 Å². The van der Waals surface area contributed by atoms with Crippen molar-refractivity contribution in [2.45, 2.75) is 25.4 Å². The zero-order chi connectivity index (χ0) is 15.8. The highest BCUT2D eigenvalue weighted by molar-refractivity contribution is 7.10. The van der Waals surface area contributed by atoms with Crippen molar-refractivity contribution in [3.8, 4) is 0 Å². The predicted molar refractivity (Wildman–Crippen MR) is 90.1 cm³/mol. The number of rotatable bonds is 7. The van der Waals surface area contributed by atoms with Crippen molar-refractivity contribution in [2.75, 3.05) is 13.1 Å². The molecule has 2 aromatic rings. The summed E-state index contributed by atoms with van der Waals surface area (Å²) in [7, 11) is 0. The minimum absolute atomic E-state index is 0.192. The molecule has 0 spiro atoms. The molecule has 2 rings (SSSR count). The van der Waals surface area contributed by atoms with Crippen LogP contribution in [0.25, 0.3) is 0 Å². The van der Waals surface area contributed by atoms with Gasteiger partial charge in [0.05, 0.1) is 6.54 Å². The van der Waals surface area contributed by atoms with Gasteiger partial charge in [0.25, 0.3) is 0 Å². The second-order valence-electron chi connectivity index (χ2n) is 5.45. The number of urea groups is 1. The largest absolute Gasteiger partial charge is 0.383 e. The Hall–Kier alpha value is -1.85. The summed E-state index contributed by atoms with van der Waals surface area (Å²) in [5.41, 5.74) is 0.237. The third-order valence-electron chi connectivity index (χ3n) is 3.42. The molecule has 0 radical (unpaired) electrons. The molecule has 0 saturated carbocycles. The first-order valence-corrected chi connectivity index (χ1v) is 8.28. The molecule has 0 saturated heterocycles. The number of aliphatic hydroxyl groups is 1. The Morgan fingerprint density at radius 2 is 1.95 bits per heavy atom. The van der Waals surface area contributed by atoms with Crippen molar-refractivity contribution >= 4 is 17.4 Å². The van der Waals surface area contributed by atoms with E-state index >= 15 is 0 Å². The minimum Gasteiger partial charge on any atom is -0.383 e. The Labute approximate surface area is 135 Å². The van der Waals surface area contributed by atoms with Crippen LogP contribution in [0, 0.1) is 0 Å². The number of amides is 2. The SMILES string of the molecule is C[C@@](O)(CNC(=O)NCCCc1ccccc1)c1cccs1. The van der Waals surface area contributed by atoms with Crippen molar-refractivity contribution in [1.29, 1.82) is 0 Å². The van der Waals surface area contributed by atoms with E-state index in [1.165, 1.54) is 16.9 Å². The van der Waals surface area contributed by atoms with E-state index in [4.69, 9.17) is 0 Å². The van der Waals surface area contributed by atoms with E-state index in [9.17, 15) is 9.90 Å². The number of aryl methyl sites for hydroxylation is 1. The van der Waals surface area contributed by atoms with Gasteiger partial charge < -0.3 is 15.7 Å². The topological polar surface area (TPSA) is 61.4 Å². The van der Waals surface area contributed by atoms with Crippen LogP contribution in [0.3, 0.4) is 0 Å². The summed E-state index contributed by atoms with van der Waals surface area (Å²) in [6.45, 7) is 2.51. The molecule has 1 aromatic heterocycles. The molecule has 3 N–H and O–H groups in total. The lowest BCUT2D eigenvalue weighted by Gasteiger charge is -2.22. The van der Waals surface area contributed by atoms with Gasteiger partial charge in [0.15, 0.2) is 0 Å². The maximum Gasteiger partial charge on any atom is 0.314 e. The first-order chi connectivity index (χ1) is 10.6. The van der Waals surface area contributed by atoms with Crippen LogP contribution in [0.2, 0.25) is 0 Å². The van der Waals surface area contributed by atoms with Gasteiger partial charge in [-0.05, 0) is 36.8 Å². The zero-order valence-corrected chi connectivity index (χ0v) is 13.5. The molecule has 1 aromatic carbocycles. The molecular formula is C17H22N2O2S. The van der Waals surface area contributed by atoms with Gasteiger partial charge in [0, 0.05) is 11.4 Å². The third-order valence-corrected chi connectivity index (χ3v) is 4.54. The van der Waals surface area contributed by atoms with Crippen LogP contribution in [-0.2, 0) is 12.0 Å². The molecule has 0 unspecified atom stereocenters. The van der Waals surface area contributed by atoms with E-state index in [0.717, 1.165) is 17.7 Å². The van der Waals surface area contributed by atoms with Crippen LogP contribution >= 0.6 is 11.3 Å². The van der Waals surface area contributed by atoms with Gasteiger partial charge in [-0.3, -0.25) is 0 Å². The van der Waals surface area contributed by atoms with E-state index in [1.54, 1.807) is 6.92 Å². The quantitative estimate of drug-likeness (QED) is 0.687. The van der Waals surface area contributed by atoms with Crippen molar-refractivity contribution < 1.29 is 9.90 Å². The molecular weight excluding hydrogens is 296 g/mol. The van der Waals surface area contributed by atoms with E-state index in [1.807, 2.05) is 35.7 Å². The standard InChI is InChI=1S/C17H22N2O2S/c1-17(21,15-10-6-12-22-15)13-19-16(20)18-11-5-9-14-7-3-2-4-8-14/h2-4,6-8,10,12,21H,5,9,11,13H2,1H3,(H2,18,19,20)/t17-/m1/s1. The molecule has 0 bridgehead atoms. The maximum absolute atomic E-state index is 11.7. The van der Waals surface area contributed by atoms with E-state index < -0.39 is 5.60 Å².